The molecule has 0 saturated carbocycles. The van der Waals surface area contributed by atoms with Crippen LogP contribution in [0.2, 0.25) is 0 Å². The Kier molecular flexibility index (Phi) is 4.78. The van der Waals surface area contributed by atoms with Gasteiger partial charge >= 0.3 is 0 Å². The molecule has 0 saturated heterocycles. The van der Waals surface area contributed by atoms with Gasteiger partial charge < -0.3 is 20.6 Å². The molecule has 4 nitrogen and oxygen atoms in total. The molecule has 0 radical (unpaired) electrons. The van der Waals surface area contributed by atoms with E-state index in [2.05, 4.69) is 5.32 Å². The molecular formula is C13H21NO3. The summed E-state index contributed by atoms with van der Waals surface area (Å²) in [6.45, 7) is 5.94. The SMILES string of the molecule is Cc1cc(O)c(C(C)C)cc1NCC(O)CO. The van der Waals surface area contributed by atoms with Crippen LogP contribution in [0, 0.1) is 6.92 Å². The van der Waals surface area contributed by atoms with E-state index in [0.717, 1.165) is 16.8 Å². The molecule has 1 unspecified atom stereocenters. The first kappa shape index (κ1) is 13.8. The smallest absolute Gasteiger partial charge is 0.119 e. The van der Waals surface area contributed by atoms with E-state index in [9.17, 15) is 10.2 Å². The molecule has 0 aromatic heterocycles. The van der Waals surface area contributed by atoms with Crippen LogP contribution in [0.5, 0.6) is 5.75 Å². The highest BCUT2D eigenvalue weighted by Crippen LogP contribution is 2.31. The lowest BCUT2D eigenvalue weighted by molar-refractivity contribution is 0.105. The Morgan fingerprint density at radius 1 is 1.29 bits per heavy atom. The number of nitrogens with one attached hydrogen (secondary N) is 1. The van der Waals surface area contributed by atoms with Crippen LogP contribution in [0.15, 0.2) is 12.1 Å². The molecule has 4 N–H and O–H groups in total. The molecule has 0 bridgehead atoms. The number of hydrogen-bond donors (Lipinski definition) is 4. The van der Waals surface area contributed by atoms with Crippen LogP contribution in [0.1, 0.15) is 30.9 Å². The van der Waals surface area contributed by atoms with Crippen LogP contribution in [-0.2, 0) is 0 Å². The van der Waals surface area contributed by atoms with Gasteiger partial charge in [0.05, 0.1) is 12.7 Å². The lowest BCUT2D eigenvalue weighted by Gasteiger charge is -2.16. The van der Waals surface area contributed by atoms with Gasteiger partial charge in [-0.05, 0) is 36.1 Å². The molecule has 17 heavy (non-hydrogen) atoms. The fourth-order valence-corrected chi connectivity index (χ4v) is 1.65. The normalized spacial score (nSPS) is 12.8. The Morgan fingerprint density at radius 3 is 2.47 bits per heavy atom. The minimum Gasteiger partial charge on any atom is -0.508 e. The number of hydrogen-bond acceptors (Lipinski definition) is 4. The van der Waals surface area contributed by atoms with Crippen LogP contribution in [0.25, 0.3) is 0 Å². The van der Waals surface area contributed by atoms with Crippen molar-refractivity contribution >= 4 is 5.69 Å². The molecule has 1 aromatic rings. The lowest BCUT2D eigenvalue weighted by Crippen LogP contribution is -2.23. The van der Waals surface area contributed by atoms with E-state index < -0.39 is 6.10 Å². The maximum atomic E-state index is 9.79. The second-order valence-corrected chi connectivity index (χ2v) is 4.60. The predicted octanol–water partition coefficient (Wildman–Crippen LogP) is 1.59. The first-order chi connectivity index (χ1) is 7.95. The van der Waals surface area contributed by atoms with E-state index in [0.29, 0.717) is 12.3 Å². The minimum absolute atomic E-state index is 0.235. The maximum Gasteiger partial charge on any atom is 0.119 e. The zero-order valence-electron chi connectivity index (χ0n) is 10.6. The molecule has 0 heterocycles. The average molecular weight is 239 g/mol. The molecule has 1 rings (SSSR count). The molecule has 0 aliphatic carbocycles. The Bertz CT molecular complexity index is 377. The zero-order chi connectivity index (χ0) is 13.0. The number of phenols is 1. The monoisotopic (exact) mass is 239 g/mol. The van der Waals surface area contributed by atoms with Crippen LogP contribution in [0.4, 0.5) is 5.69 Å². The molecular weight excluding hydrogens is 218 g/mol. The summed E-state index contributed by atoms with van der Waals surface area (Å²) < 4.78 is 0. The molecule has 1 aromatic carbocycles. The number of benzene rings is 1. The zero-order valence-corrected chi connectivity index (χ0v) is 10.6. The van der Waals surface area contributed by atoms with Gasteiger partial charge in [-0.2, -0.15) is 0 Å². The van der Waals surface area contributed by atoms with Crippen molar-refractivity contribution in [1.29, 1.82) is 0 Å². The Hall–Kier alpha value is -1.26. The van der Waals surface area contributed by atoms with E-state index in [-0.39, 0.29) is 12.5 Å². The largest absolute Gasteiger partial charge is 0.508 e. The molecule has 0 fully saturated rings. The van der Waals surface area contributed by atoms with Crippen LogP contribution < -0.4 is 5.32 Å². The van der Waals surface area contributed by atoms with Crippen LogP contribution in [0.3, 0.4) is 0 Å². The second kappa shape index (κ2) is 5.89. The average Bonchev–Trinajstić information content (AvgIpc) is 2.26. The molecule has 0 spiro atoms. The van der Waals surface area contributed by atoms with Crippen molar-refractivity contribution in [3.05, 3.63) is 23.3 Å². The summed E-state index contributed by atoms with van der Waals surface area (Å²) >= 11 is 0. The van der Waals surface area contributed by atoms with Gasteiger partial charge in [0.25, 0.3) is 0 Å². The molecule has 0 aliphatic rings. The number of aromatic hydroxyl groups is 1. The van der Waals surface area contributed by atoms with Gasteiger partial charge in [0.1, 0.15) is 5.75 Å². The van der Waals surface area contributed by atoms with E-state index in [1.807, 2.05) is 26.8 Å². The van der Waals surface area contributed by atoms with Crippen LogP contribution >= 0.6 is 0 Å². The Balaban J connectivity index is 2.88. The lowest BCUT2D eigenvalue weighted by atomic mass is 9.99. The van der Waals surface area contributed by atoms with E-state index in [4.69, 9.17) is 5.11 Å². The topological polar surface area (TPSA) is 72.7 Å². The first-order valence-corrected chi connectivity index (χ1v) is 5.82. The van der Waals surface area contributed by atoms with Crippen molar-refractivity contribution in [2.45, 2.75) is 32.8 Å². The summed E-state index contributed by atoms with van der Waals surface area (Å²) in [6, 6.07) is 3.60. The second-order valence-electron chi connectivity index (χ2n) is 4.60. The number of aliphatic hydroxyl groups excluding tert-OH is 2. The highest BCUT2D eigenvalue weighted by atomic mass is 16.3. The first-order valence-electron chi connectivity index (χ1n) is 5.82. The number of aliphatic hydroxyl groups is 2. The highest BCUT2D eigenvalue weighted by Gasteiger charge is 2.10. The number of anilines is 1. The Morgan fingerprint density at radius 2 is 1.94 bits per heavy atom. The van der Waals surface area contributed by atoms with Crippen molar-refractivity contribution in [3.63, 3.8) is 0 Å². The number of phenolic OH excluding ortho intramolecular Hbond substituents is 1. The van der Waals surface area contributed by atoms with E-state index in [1.165, 1.54) is 0 Å². The molecule has 1 atom stereocenters. The van der Waals surface area contributed by atoms with Gasteiger partial charge in [-0.15, -0.1) is 0 Å². The third-order valence-corrected chi connectivity index (χ3v) is 2.73. The van der Waals surface area contributed by atoms with Crippen molar-refractivity contribution in [2.24, 2.45) is 0 Å². The summed E-state index contributed by atoms with van der Waals surface area (Å²) in [5.41, 5.74) is 2.66. The maximum absolute atomic E-state index is 9.79. The standard InChI is InChI=1S/C13H21NO3/c1-8(2)11-5-12(9(3)4-13(11)17)14-6-10(16)7-15/h4-5,8,10,14-17H,6-7H2,1-3H3. The fraction of sp³-hybridized carbons (Fsp3) is 0.538. The quantitative estimate of drug-likeness (QED) is 0.589. The van der Waals surface area contributed by atoms with Gasteiger partial charge in [0.2, 0.25) is 0 Å². The van der Waals surface area contributed by atoms with Crippen molar-refractivity contribution in [1.82, 2.24) is 0 Å². The summed E-state index contributed by atoms with van der Waals surface area (Å²) in [6.07, 6.45) is -0.772. The van der Waals surface area contributed by atoms with Gasteiger partial charge in [-0.1, -0.05) is 13.8 Å². The minimum atomic E-state index is -0.772. The Labute approximate surface area is 102 Å². The molecule has 4 heteroatoms. The van der Waals surface area contributed by atoms with Crippen molar-refractivity contribution in [3.8, 4) is 5.75 Å². The van der Waals surface area contributed by atoms with Crippen molar-refractivity contribution < 1.29 is 15.3 Å². The van der Waals surface area contributed by atoms with Crippen molar-refractivity contribution in [2.75, 3.05) is 18.5 Å². The third kappa shape index (κ3) is 3.61. The fourth-order valence-electron chi connectivity index (χ4n) is 1.65. The number of aryl methyl sites for hydroxylation is 1. The summed E-state index contributed by atoms with van der Waals surface area (Å²) in [5.74, 6) is 0.532. The summed E-state index contributed by atoms with van der Waals surface area (Å²) in [5, 5.41) is 30.9. The summed E-state index contributed by atoms with van der Waals surface area (Å²) in [4.78, 5) is 0. The van der Waals surface area contributed by atoms with E-state index in [1.54, 1.807) is 6.07 Å². The number of rotatable bonds is 5. The van der Waals surface area contributed by atoms with Gasteiger partial charge in [-0.3, -0.25) is 0 Å². The predicted molar refractivity (Wildman–Crippen MR) is 68.5 cm³/mol. The molecule has 96 valence electrons. The van der Waals surface area contributed by atoms with Gasteiger partial charge in [0.15, 0.2) is 0 Å². The summed E-state index contributed by atoms with van der Waals surface area (Å²) in [7, 11) is 0. The van der Waals surface area contributed by atoms with Crippen LogP contribution in [-0.4, -0.2) is 34.6 Å². The molecule has 0 amide bonds. The van der Waals surface area contributed by atoms with E-state index >= 15 is 0 Å². The third-order valence-electron chi connectivity index (χ3n) is 2.73. The van der Waals surface area contributed by atoms with Gasteiger partial charge in [0, 0.05) is 12.2 Å². The highest BCUT2D eigenvalue weighted by molar-refractivity contribution is 5.57. The van der Waals surface area contributed by atoms with Gasteiger partial charge in [-0.25, -0.2) is 0 Å². The molecule has 0 aliphatic heterocycles.